The number of ether oxygens (including phenoxy) is 5. The van der Waals surface area contributed by atoms with Gasteiger partial charge in [-0.2, -0.15) is 0 Å². The molecule has 0 aromatic heterocycles. The highest BCUT2D eigenvalue weighted by Crippen LogP contribution is 2.32. The van der Waals surface area contributed by atoms with Gasteiger partial charge in [-0.15, -0.1) is 0 Å². The Morgan fingerprint density at radius 2 is 1.38 bits per heavy atom. The summed E-state index contributed by atoms with van der Waals surface area (Å²) in [7, 11) is 1.21. The van der Waals surface area contributed by atoms with Gasteiger partial charge in [-0.25, -0.2) is 4.79 Å². The third-order valence-corrected chi connectivity index (χ3v) is 6.68. The monoisotopic (exact) mass is 585 g/mol. The molecule has 0 fully saturated rings. The number of esters is 3. The van der Waals surface area contributed by atoms with E-state index in [0.29, 0.717) is 24.2 Å². The third kappa shape index (κ3) is 10.5. The highest BCUT2D eigenvalue weighted by atomic mass is 16.7. The normalized spacial score (nSPS) is 14.5. The fourth-order valence-electron chi connectivity index (χ4n) is 4.47. The highest BCUT2D eigenvalue weighted by molar-refractivity contribution is 5.81. The maximum Gasteiger partial charge on any atom is 0.514 e. The lowest BCUT2D eigenvalue weighted by Crippen LogP contribution is -2.53. The molecule has 2 rings (SSSR count). The number of methoxy groups -OCH3 is 1. The van der Waals surface area contributed by atoms with Crippen molar-refractivity contribution >= 4 is 24.1 Å². The summed E-state index contributed by atoms with van der Waals surface area (Å²) in [6.45, 7) is 9.05. The molecule has 0 saturated carbocycles. The average Bonchev–Trinajstić information content (AvgIpc) is 2.94. The topological polar surface area (TPSA) is 140 Å². The van der Waals surface area contributed by atoms with Crippen LogP contribution < -0.4 is 19.9 Å². The molecule has 0 heterocycles. The van der Waals surface area contributed by atoms with E-state index in [1.165, 1.54) is 19.2 Å². The predicted molar refractivity (Wildman–Crippen MR) is 156 cm³/mol. The zero-order valence-electron chi connectivity index (χ0n) is 25.3. The van der Waals surface area contributed by atoms with E-state index >= 15 is 0 Å². The number of benzene rings is 2. The summed E-state index contributed by atoms with van der Waals surface area (Å²) < 4.78 is 26.8. The molecule has 10 nitrogen and oxygen atoms in total. The number of hydrogen-bond acceptors (Lipinski definition) is 10. The van der Waals surface area contributed by atoms with Crippen LogP contribution in [0.4, 0.5) is 4.79 Å². The quantitative estimate of drug-likeness (QED) is 0.155. The Labute approximate surface area is 247 Å². The minimum absolute atomic E-state index is 0.0421. The van der Waals surface area contributed by atoms with E-state index < -0.39 is 35.7 Å². The average molecular weight is 586 g/mol. The van der Waals surface area contributed by atoms with Crippen LogP contribution in [0.1, 0.15) is 72.3 Å². The lowest BCUT2D eigenvalue weighted by Gasteiger charge is -2.29. The van der Waals surface area contributed by atoms with Crippen LogP contribution in [0.3, 0.4) is 0 Å². The zero-order valence-corrected chi connectivity index (χ0v) is 25.3. The SMILES string of the molecule is CCCC(C)C(=O)Oc1ccc(CC(N)(C[C@H](C)OC(=O)Oc2ccccc2)C(=O)OC)cc1OC(=O)C(C)CCC. The Balaban J connectivity index is 2.29. The van der Waals surface area contributed by atoms with Crippen molar-refractivity contribution in [3.8, 4) is 17.2 Å². The van der Waals surface area contributed by atoms with Crippen LogP contribution in [0, 0.1) is 11.8 Å². The van der Waals surface area contributed by atoms with E-state index in [1.807, 2.05) is 13.8 Å². The van der Waals surface area contributed by atoms with Crippen molar-refractivity contribution in [3.05, 3.63) is 54.1 Å². The number of rotatable bonds is 15. The molecule has 10 heteroatoms. The van der Waals surface area contributed by atoms with Crippen LogP contribution in [0.25, 0.3) is 0 Å². The van der Waals surface area contributed by atoms with E-state index in [9.17, 15) is 19.2 Å². The fourth-order valence-corrected chi connectivity index (χ4v) is 4.47. The molecule has 0 radical (unpaired) electrons. The van der Waals surface area contributed by atoms with Gasteiger partial charge >= 0.3 is 24.1 Å². The van der Waals surface area contributed by atoms with Gasteiger partial charge < -0.3 is 29.4 Å². The van der Waals surface area contributed by atoms with Gasteiger partial charge in [0, 0.05) is 12.8 Å². The van der Waals surface area contributed by atoms with Gasteiger partial charge in [0.25, 0.3) is 0 Å². The van der Waals surface area contributed by atoms with Gasteiger partial charge in [0.05, 0.1) is 18.9 Å². The van der Waals surface area contributed by atoms with E-state index in [-0.39, 0.29) is 36.2 Å². The first kappa shape index (κ1) is 34.3. The van der Waals surface area contributed by atoms with Crippen molar-refractivity contribution in [1.82, 2.24) is 0 Å². The van der Waals surface area contributed by atoms with E-state index in [4.69, 9.17) is 29.4 Å². The minimum Gasteiger partial charge on any atom is -0.468 e. The third-order valence-electron chi connectivity index (χ3n) is 6.68. The standard InChI is InChI=1S/C32H43NO9/c1-7-12-21(3)28(34)41-26-17-16-24(18-27(26)42-29(35)22(4)13-8-2)20-32(33,30(36)38-6)19-23(5)39-31(37)40-25-14-10-9-11-15-25/h9-11,14-18,21-23H,7-8,12-13,19-20,33H2,1-6H3/t21?,22?,23-,32?/m0/s1. The number of nitrogens with two attached hydrogens (primary N) is 1. The second-order valence-corrected chi connectivity index (χ2v) is 10.6. The lowest BCUT2D eigenvalue weighted by atomic mass is 9.86. The molecule has 2 aromatic rings. The van der Waals surface area contributed by atoms with Gasteiger partial charge in [-0.05, 0) is 49.6 Å². The van der Waals surface area contributed by atoms with Crippen LogP contribution in [-0.4, -0.2) is 42.8 Å². The summed E-state index contributed by atoms with van der Waals surface area (Å²) in [5.41, 5.74) is 5.43. The molecule has 0 saturated heterocycles. The Morgan fingerprint density at radius 1 is 0.810 bits per heavy atom. The summed E-state index contributed by atoms with van der Waals surface area (Å²) in [6, 6.07) is 13.1. The molecule has 230 valence electrons. The molecular weight excluding hydrogens is 542 g/mol. The zero-order chi connectivity index (χ0) is 31.3. The molecule has 0 aliphatic carbocycles. The number of para-hydroxylation sites is 1. The molecule has 4 atom stereocenters. The first-order chi connectivity index (χ1) is 19.9. The van der Waals surface area contributed by atoms with E-state index in [0.717, 1.165) is 12.8 Å². The molecule has 0 bridgehead atoms. The maximum absolute atomic E-state index is 12.8. The van der Waals surface area contributed by atoms with Crippen molar-refractivity contribution in [2.24, 2.45) is 17.6 Å². The van der Waals surface area contributed by atoms with Crippen molar-refractivity contribution in [3.63, 3.8) is 0 Å². The van der Waals surface area contributed by atoms with Crippen LogP contribution in [-0.2, 0) is 30.3 Å². The summed E-state index contributed by atoms with van der Waals surface area (Å²) in [6.07, 6.45) is 0.948. The molecule has 42 heavy (non-hydrogen) atoms. The summed E-state index contributed by atoms with van der Waals surface area (Å²) in [4.78, 5) is 50.6. The first-order valence-corrected chi connectivity index (χ1v) is 14.3. The molecule has 0 aliphatic rings. The van der Waals surface area contributed by atoms with Crippen molar-refractivity contribution in [2.45, 2.75) is 84.8 Å². The number of hydrogen-bond donors (Lipinski definition) is 1. The van der Waals surface area contributed by atoms with Crippen LogP contribution in [0.2, 0.25) is 0 Å². The van der Waals surface area contributed by atoms with E-state index in [1.54, 1.807) is 57.2 Å². The highest BCUT2D eigenvalue weighted by Gasteiger charge is 2.38. The Bertz CT molecular complexity index is 1200. The number of carbonyl (C=O) groups excluding carboxylic acids is 4. The molecule has 0 amide bonds. The summed E-state index contributed by atoms with van der Waals surface area (Å²) >= 11 is 0. The Hall–Kier alpha value is -3.92. The maximum atomic E-state index is 12.8. The van der Waals surface area contributed by atoms with Crippen LogP contribution >= 0.6 is 0 Å². The van der Waals surface area contributed by atoms with Crippen molar-refractivity contribution < 1.29 is 42.9 Å². The van der Waals surface area contributed by atoms with Crippen LogP contribution in [0.5, 0.6) is 17.2 Å². The first-order valence-electron chi connectivity index (χ1n) is 14.3. The molecule has 0 aliphatic heterocycles. The summed E-state index contributed by atoms with van der Waals surface area (Å²) in [5.74, 6) is -1.93. The Morgan fingerprint density at radius 3 is 1.93 bits per heavy atom. The molecule has 2 aromatic carbocycles. The predicted octanol–water partition coefficient (Wildman–Crippen LogP) is 5.78. The number of carbonyl (C=O) groups is 4. The van der Waals surface area contributed by atoms with Gasteiger partial charge in [0.2, 0.25) is 0 Å². The van der Waals surface area contributed by atoms with Gasteiger partial charge in [0.1, 0.15) is 17.4 Å². The van der Waals surface area contributed by atoms with Gasteiger partial charge in [-0.1, -0.05) is 64.8 Å². The second-order valence-electron chi connectivity index (χ2n) is 10.6. The van der Waals surface area contributed by atoms with Gasteiger partial charge in [0.15, 0.2) is 11.5 Å². The minimum atomic E-state index is -1.62. The van der Waals surface area contributed by atoms with Crippen molar-refractivity contribution in [2.75, 3.05) is 7.11 Å². The Kier molecular flexibility index (Phi) is 13.5. The molecule has 3 unspecified atom stereocenters. The molecule has 2 N–H and O–H groups in total. The van der Waals surface area contributed by atoms with E-state index in [2.05, 4.69) is 0 Å². The second kappa shape index (κ2) is 16.5. The molecular formula is C32H43NO9. The summed E-state index contributed by atoms with van der Waals surface area (Å²) in [5, 5.41) is 0. The largest absolute Gasteiger partial charge is 0.514 e. The lowest BCUT2D eigenvalue weighted by molar-refractivity contribution is -0.148. The van der Waals surface area contributed by atoms with Gasteiger partial charge in [-0.3, -0.25) is 14.4 Å². The van der Waals surface area contributed by atoms with Crippen LogP contribution in [0.15, 0.2) is 48.5 Å². The molecule has 0 spiro atoms. The fraction of sp³-hybridized carbons (Fsp3) is 0.500. The smallest absolute Gasteiger partial charge is 0.468 e. The van der Waals surface area contributed by atoms with Crippen molar-refractivity contribution in [1.29, 1.82) is 0 Å².